The average molecular weight is 504 g/mol. The number of furan rings is 1. The Hall–Kier alpha value is -2.17. The molecule has 1 aliphatic rings. The third-order valence-corrected chi connectivity index (χ3v) is 4.34. The lowest BCUT2D eigenvalue weighted by molar-refractivity contribution is 0.0657. The maximum atomic E-state index is 13.8. The summed E-state index contributed by atoms with van der Waals surface area (Å²) >= 11 is 0. The topological polar surface area (TPSA) is 61.1 Å². The molecule has 9 heteroatoms. The second kappa shape index (κ2) is 10.4. The summed E-state index contributed by atoms with van der Waals surface area (Å²) in [6, 6.07) is 6.68. The number of carbonyl (C=O) groups excluding carboxylic acids is 1. The van der Waals surface area contributed by atoms with Crippen LogP contribution in [0.1, 0.15) is 23.0 Å². The van der Waals surface area contributed by atoms with Crippen LogP contribution < -0.4 is 5.32 Å². The molecule has 1 N–H and O–H groups in total. The van der Waals surface area contributed by atoms with E-state index in [0.717, 1.165) is 18.2 Å². The van der Waals surface area contributed by atoms with E-state index in [9.17, 15) is 13.6 Å². The molecule has 6 nitrogen and oxygen atoms in total. The van der Waals surface area contributed by atoms with Crippen LogP contribution in [-0.4, -0.2) is 54.4 Å². The van der Waals surface area contributed by atoms with Crippen molar-refractivity contribution in [3.8, 4) is 0 Å². The maximum Gasteiger partial charge on any atom is 0.289 e. The Morgan fingerprint density at radius 2 is 1.89 bits per heavy atom. The highest BCUT2D eigenvalue weighted by Crippen LogP contribution is 2.12. The second-order valence-corrected chi connectivity index (χ2v) is 6.16. The van der Waals surface area contributed by atoms with E-state index in [0.29, 0.717) is 44.4 Å². The Morgan fingerprint density at radius 1 is 1.18 bits per heavy atom. The van der Waals surface area contributed by atoms with E-state index in [4.69, 9.17) is 4.42 Å². The lowest BCUT2D eigenvalue weighted by atomic mass is 10.2. The Morgan fingerprint density at radius 3 is 2.54 bits per heavy atom. The fraction of sp³-hybridized carbons (Fsp3) is 0.368. The molecule has 0 saturated carbocycles. The Balaban J connectivity index is 0.00000280. The Kier molecular flexibility index (Phi) is 8.21. The van der Waals surface area contributed by atoms with Crippen molar-refractivity contribution in [1.29, 1.82) is 0 Å². The number of aliphatic imine (C=N–C) groups is 1. The fourth-order valence-corrected chi connectivity index (χ4v) is 2.93. The van der Waals surface area contributed by atoms with E-state index in [1.54, 1.807) is 17.0 Å². The first-order valence-corrected chi connectivity index (χ1v) is 8.88. The van der Waals surface area contributed by atoms with Gasteiger partial charge in [-0.05, 0) is 37.3 Å². The van der Waals surface area contributed by atoms with Gasteiger partial charge < -0.3 is 19.5 Å². The summed E-state index contributed by atoms with van der Waals surface area (Å²) in [7, 11) is 0. The van der Waals surface area contributed by atoms with Crippen LogP contribution in [0.3, 0.4) is 0 Å². The van der Waals surface area contributed by atoms with Gasteiger partial charge in [0.25, 0.3) is 5.91 Å². The van der Waals surface area contributed by atoms with Gasteiger partial charge in [-0.15, -0.1) is 24.0 Å². The highest BCUT2D eigenvalue weighted by atomic mass is 127. The number of hydrogen-bond acceptors (Lipinski definition) is 3. The van der Waals surface area contributed by atoms with Crippen LogP contribution in [0.4, 0.5) is 8.78 Å². The van der Waals surface area contributed by atoms with Gasteiger partial charge in [0.15, 0.2) is 11.7 Å². The molecule has 0 radical (unpaired) electrons. The van der Waals surface area contributed by atoms with Crippen molar-refractivity contribution in [2.75, 3.05) is 32.7 Å². The normalized spacial score (nSPS) is 14.6. The van der Waals surface area contributed by atoms with Crippen LogP contribution >= 0.6 is 24.0 Å². The van der Waals surface area contributed by atoms with Crippen molar-refractivity contribution in [2.45, 2.75) is 13.5 Å². The third-order valence-electron chi connectivity index (χ3n) is 4.34. The van der Waals surface area contributed by atoms with E-state index in [1.807, 2.05) is 11.8 Å². The SMILES string of the molecule is CCNC(=NCc1cc(F)ccc1F)N1CCN(C(=O)c2ccco2)CC1.I. The molecule has 2 aromatic rings. The number of piperazine rings is 1. The molecule has 0 aliphatic carbocycles. The Labute approximate surface area is 179 Å². The molecule has 3 rings (SSSR count). The summed E-state index contributed by atoms with van der Waals surface area (Å²) < 4.78 is 32.3. The quantitative estimate of drug-likeness (QED) is 0.395. The second-order valence-electron chi connectivity index (χ2n) is 6.16. The molecule has 2 heterocycles. The molecular formula is C19H23F2IN4O2. The molecule has 28 heavy (non-hydrogen) atoms. The van der Waals surface area contributed by atoms with Gasteiger partial charge in [-0.25, -0.2) is 13.8 Å². The number of nitrogens with zero attached hydrogens (tertiary/aromatic N) is 3. The molecule has 1 amide bonds. The summed E-state index contributed by atoms with van der Waals surface area (Å²) in [4.78, 5) is 20.5. The van der Waals surface area contributed by atoms with E-state index >= 15 is 0 Å². The minimum absolute atomic E-state index is 0. The van der Waals surface area contributed by atoms with E-state index < -0.39 is 11.6 Å². The molecule has 1 aromatic heterocycles. The predicted molar refractivity (Wildman–Crippen MR) is 113 cm³/mol. The molecule has 1 saturated heterocycles. The third kappa shape index (κ3) is 5.43. The number of guanidine groups is 1. The summed E-state index contributed by atoms with van der Waals surface area (Å²) in [6.45, 7) is 4.85. The van der Waals surface area contributed by atoms with Crippen molar-refractivity contribution in [3.63, 3.8) is 0 Å². The van der Waals surface area contributed by atoms with E-state index in [-0.39, 0.29) is 42.0 Å². The number of amides is 1. The number of benzene rings is 1. The highest BCUT2D eigenvalue weighted by Gasteiger charge is 2.25. The van der Waals surface area contributed by atoms with Crippen molar-refractivity contribution in [3.05, 3.63) is 59.6 Å². The highest BCUT2D eigenvalue weighted by molar-refractivity contribution is 14.0. The molecule has 1 aliphatic heterocycles. The first-order valence-electron chi connectivity index (χ1n) is 8.88. The minimum Gasteiger partial charge on any atom is -0.459 e. The number of nitrogens with one attached hydrogen (secondary N) is 1. The van der Waals surface area contributed by atoms with Crippen molar-refractivity contribution in [2.24, 2.45) is 4.99 Å². The molecule has 0 bridgehead atoms. The number of halogens is 3. The minimum atomic E-state index is -0.489. The van der Waals surface area contributed by atoms with Gasteiger partial charge in [0, 0.05) is 38.3 Å². The van der Waals surface area contributed by atoms with Crippen molar-refractivity contribution in [1.82, 2.24) is 15.1 Å². The van der Waals surface area contributed by atoms with Crippen LogP contribution in [-0.2, 0) is 6.54 Å². The van der Waals surface area contributed by atoms with Crippen LogP contribution in [0.5, 0.6) is 0 Å². The van der Waals surface area contributed by atoms with Gasteiger partial charge in [-0.2, -0.15) is 0 Å². The molecule has 0 atom stereocenters. The summed E-state index contributed by atoms with van der Waals surface area (Å²) in [5.41, 5.74) is 0.206. The first kappa shape index (κ1) is 22.1. The largest absolute Gasteiger partial charge is 0.459 e. The first-order chi connectivity index (χ1) is 13.1. The fourth-order valence-electron chi connectivity index (χ4n) is 2.93. The van der Waals surface area contributed by atoms with Gasteiger partial charge in [0.2, 0.25) is 0 Å². The molecule has 0 unspecified atom stereocenters. The van der Waals surface area contributed by atoms with Gasteiger partial charge in [-0.1, -0.05) is 0 Å². The lowest BCUT2D eigenvalue weighted by Gasteiger charge is -2.36. The molecule has 0 spiro atoms. The van der Waals surface area contributed by atoms with Gasteiger partial charge >= 0.3 is 0 Å². The van der Waals surface area contributed by atoms with E-state index in [1.165, 1.54) is 6.26 Å². The lowest BCUT2D eigenvalue weighted by Crippen LogP contribution is -2.53. The van der Waals surface area contributed by atoms with Crippen LogP contribution in [0.25, 0.3) is 0 Å². The molecule has 152 valence electrons. The number of carbonyl (C=O) groups is 1. The zero-order valence-corrected chi connectivity index (χ0v) is 17.9. The Bertz CT molecular complexity index is 806. The van der Waals surface area contributed by atoms with Crippen LogP contribution in [0.2, 0.25) is 0 Å². The summed E-state index contributed by atoms with van der Waals surface area (Å²) in [5, 5.41) is 3.17. The molecule has 1 fully saturated rings. The van der Waals surface area contributed by atoms with Crippen LogP contribution in [0.15, 0.2) is 46.0 Å². The van der Waals surface area contributed by atoms with Crippen molar-refractivity contribution >= 4 is 35.8 Å². The van der Waals surface area contributed by atoms with Gasteiger partial charge in [0.05, 0.1) is 12.8 Å². The van der Waals surface area contributed by atoms with Gasteiger partial charge in [0.1, 0.15) is 11.6 Å². The van der Waals surface area contributed by atoms with E-state index in [2.05, 4.69) is 10.3 Å². The van der Waals surface area contributed by atoms with Crippen LogP contribution in [0, 0.1) is 11.6 Å². The maximum absolute atomic E-state index is 13.8. The average Bonchev–Trinajstić information content (AvgIpc) is 3.22. The number of rotatable bonds is 4. The van der Waals surface area contributed by atoms with Gasteiger partial charge in [-0.3, -0.25) is 4.79 Å². The smallest absolute Gasteiger partial charge is 0.289 e. The molecule has 1 aromatic carbocycles. The zero-order valence-electron chi connectivity index (χ0n) is 15.5. The summed E-state index contributed by atoms with van der Waals surface area (Å²) in [6.07, 6.45) is 1.48. The number of hydrogen-bond donors (Lipinski definition) is 1. The zero-order chi connectivity index (χ0) is 19.2. The predicted octanol–water partition coefficient (Wildman–Crippen LogP) is 3.10. The molecular weight excluding hydrogens is 481 g/mol. The summed E-state index contributed by atoms with van der Waals surface area (Å²) in [5.74, 6) is -0.165. The monoisotopic (exact) mass is 504 g/mol. The standard InChI is InChI=1S/C19H22F2N4O2.HI/c1-2-22-19(23-13-14-12-15(20)5-6-16(14)21)25-9-7-24(8-10-25)18(26)17-4-3-11-27-17;/h3-6,11-12H,2,7-10,13H2,1H3,(H,22,23);1H. The van der Waals surface area contributed by atoms with Crippen molar-refractivity contribution < 1.29 is 18.0 Å².